The zero-order chi connectivity index (χ0) is 45.9. The Kier molecular flexibility index (Phi) is 13.4. The van der Waals surface area contributed by atoms with E-state index in [2.05, 4.69) is 59.7 Å². The largest absolute Gasteiger partial charge is 0.444 e. The van der Waals surface area contributed by atoms with Crippen molar-refractivity contribution in [3.63, 3.8) is 0 Å². The number of imidazole rings is 1. The average Bonchev–Trinajstić information content (AvgIpc) is 3.72. The highest BCUT2D eigenvalue weighted by molar-refractivity contribution is 6.03. The van der Waals surface area contributed by atoms with Gasteiger partial charge in [-0.2, -0.15) is 5.10 Å². The van der Waals surface area contributed by atoms with Crippen LogP contribution in [0.15, 0.2) is 58.2 Å². The lowest BCUT2D eigenvalue weighted by Crippen LogP contribution is -2.44. The molecule has 0 bridgehead atoms. The minimum Gasteiger partial charge on any atom is -0.444 e. The summed E-state index contributed by atoms with van der Waals surface area (Å²) in [5, 5.41) is 12.5. The van der Waals surface area contributed by atoms with Crippen LogP contribution in [0.4, 0.5) is 20.3 Å². The van der Waals surface area contributed by atoms with Crippen LogP contribution in [0.2, 0.25) is 0 Å². The van der Waals surface area contributed by atoms with Crippen LogP contribution in [0.5, 0.6) is 0 Å². The molecule has 2 aliphatic carbocycles. The average molecular weight is 906 g/mol. The summed E-state index contributed by atoms with van der Waals surface area (Å²) in [6, 6.07) is 8.38. The molecule has 1 unspecified atom stereocenters. The molecule has 4 aliphatic rings. The summed E-state index contributed by atoms with van der Waals surface area (Å²) in [6.07, 6.45) is 11.0. The van der Waals surface area contributed by atoms with E-state index in [1.807, 2.05) is 18.2 Å². The van der Waals surface area contributed by atoms with Crippen molar-refractivity contribution in [3.05, 3.63) is 76.4 Å². The second-order valence-electron chi connectivity index (χ2n) is 18.6. The molecular weight excluding hydrogens is 849 g/mol. The van der Waals surface area contributed by atoms with Crippen molar-refractivity contribution in [2.75, 3.05) is 56.9 Å². The first-order valence-corrected chi connectivity index (χ1v) is 23.2. The fourth-order valence-electron chi connectivity index (χ4n) is 9.77. The molecule has 1 aromatic carbocycles. The molecular formula is C48H57F2N11O5. The quantitative estimate of drug-likeness (QED) is 0.0784. The molecule has 5 aromatic rings. The zero-order valence-corrected chi connectivity index (χ0v) is 37.5. The molecule has 16 nitrogen and oxygen atoms in total. The monoisotopic (exact) mass is 905 g/mol. The second kappa shape index (κ2) is 19.7. The predicted octanol–water partition coefficient (Wildman–Crippen LogP) is 6.39. The van der Waals surface area contributed by atoms with Crippen molar-refractivity contribution in [1.29, 1.82) is 0 Å². The number of anilines is 2. The third-order valence-electron chi connectivity index (χ3n) is 13.7. The van der Waals surface area contributed by atoms with Gasteiger partial charge in [0, 0.05) is 69.6 Å². The fraction of sp³-hybridized carbons (Fsp3) is 0.521. The van der Waals surface area contributed by atoms with Crippen LogP contribution < -0.4 is 21.6 Å². The molecule has 3 amide bonds. The maximum Gasteiger partial charge on any atom is 0.329 e. The Morgan fingerprint density at radius 2 is 1.73 bits per heavy atom. The van der Waals surface area contributed by atoms with Crippen LogP contribution in [0, 0.1) is 29.6 Å². The number of carbonyl (C=O) groups excluding carboxylic acids is 3. The molecule has 1 atom stereocenters. The van der Waals surface area contributed by atoms with E-state index in [1.165, 1.54) is 34.4 Å². The van der Waals surface area contributed by atoms with Crippen LogP contribution in [0.25, 0.3) is 22.5 Å². The molecule has 66 heavy (non-hydrogen) atoms. The van der Waals surface area contributed by atoms with E-state index < -0.39 is 30.0 Å². The molecule has 348 valence electrons. The SMILES string of the molecule is CN(CC1CCC(n2cc(NC(=O)c3coc(-c4ccnc(NCC5CC5)c4)n3)c(C(F)F)n2)CC1)CC1CCN(CCC#Cc2ccc3c(c2)n(C)c(=O)n3C2CCC(=O)NC2=O)CC1. The van der Waals surface area contributed by atoms with Crippen LogP contribution in [-0.4, -0.2) is 103 Å². The molecule has 6 heterocycles. The fourth-order valence-corrected chi connectivity index (χ4v) is 9.77. The summed E-state index contributed by atoms with van der Waals surface area (Å²) in [5.74, 6) is 7.87. The Balaban J connectivity index is 0.698. The van der Waals surface area contributed by atoms with E-state index in [-0.39, 0.29) is 41.3 Å². The molecule has 9 rings (SSSR count). The standard InChI is InChI=1S/C48H57F2N11O5/c1-57(27-33-17-21-59(22-18-33)20-4-3-5-30-10-13-38-40(23-30)58(2)48(65)61(38)39-14-15-42(62)55-46(39)64)26-32-8-11-35(12-9-32)60-28-36(43(56-60)44(49)50)53-45(63)37-29-66-47(54-37)34-16-19-51-41(24-34)52-25-31-6-7-31/h10,13,16,19,23-24,28-29,31-33,35,39,44H,4,6-9,11-12,14-15,17-18,20-22,25-27H2,1-2H3,(H,51,52)(H,53,63)(H,55,62,64). The Morgan fingerprint density at radius 3 is 2.47 bits per heavy atom. The lowest BCUT2D eigenvalue weighted by molar-refractivity contribution is -0.135. The molecule has 0 radical (unpaired) electrons. The Bertz CT molecular complexity index is 2690. The summed E-state index contributed by atoms with van der Waals surface area (Å²) in [7, 11) is 3.88. The van der Waals surface area contributed by atoms with Crippen LogP contribution in [0.1, 0.15) is 111 Å². The minimum absolute atomic E-state index is 0.0227. The van der Waals surface area contributed by atoms with Gasteiger partial charge in [-0.05, 0) is 126 Å². The van der Waals surface area contributed by atoms with Crippen molar-refractivity contribution in [2.45, 2.75) is 89.1 Å². The van der Waals surface area contributed by atoms with Gasteiger partial charge in [0.05, 0.1) is 22.8 Å². The van der Waals surface area contributed by atoms with Gasteiger partial charge in [-0.3, -0.25) is 33.5 Å². The van der Waals surface area contributed by atoms with Crippen molar-refractivity contribution in [1.82, 2.24) is 44.0 Å². The topological polar surface area (TPSA) is 177 Å². The molecule has 2 aliphatic heterocycles. The smallest absolute Gasteiger partial charge is 0.329 e. The number of piperidine rings is 2. The van der Waals surface area contributed by atoms with E-state index in [9.17, 15) is 28.0 Å². The van der Waals surface area contributed by atoms with Crippen molar-refractivity contribution < 1.29 is 27.6 Å². The number of fused-ring (bicyclic) bond motifs is 1. The molecule has 0 spiro atoms. The van der Waals surface area contributed by atoms with Crippen LogP contribution >= 0.6 is 0 Å². The number of pyridine rings is 1. The minimum atomic E-state index is -2.86. The number of hydrogen-bond acceptors (Lipinski definition) is 11. The van der Waals surface area contributed by atoms with Crippen molar-refractivity contribution >= 4 is 40.3 Å². The summed E-state index contributed by atoms with van der Waals surface area (Å²) >= 11 is 0. The van der Waals surface area contributed by atoms with Gasteiger partial charge in [-0.25, -0.2) is 23.5 Å². The van der Waals surface area contributed by atoms with Crippen molar-refractivity contribution in [3.8, 4) is 23.3 Å². The lowest BCUT2D eigenvalue weighted by Gasteiger charge is -2.35. The van der Waals surface area contributed by atoms with Gasteiger partial charge < -0.3 is 24.9 Å². The maximum atomic E-state index is 14.2. The number of likely N-dealkylation sites (tertiary alicyclic amines) is 1. The number of oxazole rings is 1. The highest BCUT2D eigenvalue weighted by Gasteiger charge is 2.32. The number of hydrogen-bond donors (Lipinski definition) is 3. The summed E-state index contributed by atoms with van der Waals surface area (Å²) < 4.78 is 38.6. The normalized spacial score (nSPS) is 20.7. The summed E-state index contributed by atoms with van der Waals surface area (Å²) in [5.41, 5.74) is 1.99. The highest BCUT2D eigenvalue weighted by Crippen LogP contribution is 2.36. The van der Waals surface area contributed by atoms with Gasteiger partial charge in [0.1, 0.15) is 18.1 Å². The third kappa shape index (κ3) is 10.4. The van der Waals surface area contributed by atoms with Gasteiger partial charge in [0.15, 0.2) is 11.4 Å². The number of rotatable bonds is 15. The van der Waals surface area contributed by atoms with E-state index >= 15 is 0 Å². The predicted molar refractivity (Wildman–Crippen MR) is 244 cm³/mol. The maximum absolute atomic E-state index is 14.2. The number of alkyl halides is 2. The highest BCUT2D eigenvalue weighted by atomic mass is 19.3. The second-order valence-corrected chi connectivity index (χ2v) is 18.6. The molecule has 2 saturated heterocycles. The Labute approximate surface area is 381 Å². The molecule has 18 heteroatoms. The van der Waals surface area contributed by atoms with Gasteiger partial charge in [0.25, 0.3) is 12.3 Å². The number of halogens is 2. The molecule has 4 aromatic heterocycles. The van der Waals surface area contributed by atoms with Crippen LogP contribution in [-0.2, 0) is 16.6 Å². The number of aromatic nitrogens is 6. The first-order chi connectivity index (χ1) is 31.9. The first kappa shape index (κ1) is 45.0. The van der Waals surface area contributed by atoms with Crippen molar-refractivity contribution in [2.24, 2.45) is 24.8 Å². The van der Waals surface area contributed by atoms with Gasteiger partial charge >= 0.3 is 5.69 Å². The molecule has 4 fully saturated rings. The lowest BCUT2D eigenvalue weighted by atomic mass is 9.85. The third-order valence-corrected chi connectivity index (χ3v) is 13.7. The molecule has 2 saturated carbocycles. The number of benzene rings is 1. The number of nitrogens with one attached hydrogen (secondary N) is 3. The van der Waals surface area contributed by atoms with Gasteiger partial charge in [0.2, 0.25) is 17.7 Å². The number of amides is 3. The number of imide groups is 1. The van der Waals surface area contributed by atoms with E-state index in [4.69, 9.17) is 4.42 Å². The van der Waals surface area contributed by atoms with Gasteiger partial charge in [-0.15, -0.1) is 0 Å². The first-order valence-electron chi connectivity index (χ1n) is 23.2. The number of aryl methyl sites for hydroxylation is 1. The zero-order valence-electron chi connectivity index (χ0n) is 37.5. The van der Waals surface area contributed by atoms with E-state index in [0.29, 0.717) is 46.6 Å². The Morgan fingerprint density at radius 1 is 0.970 bits per heavy atom. The van der Waals surface area contributed by atoms with Crippen LogP contribution in [0.3, 0.4) is 0 Å². The molecule has 3 N–H and O–H groups in total. The van der Waals surface area contributed by atoms with E-state index in [1.54, 1.807) is 30.1 Å². The summed E-state index contributed by atoms with van der Waals surface area (Å²) in [4.78, 5) is 64.1. The van der Waals surface area contributed by atoms with Gasteiger partial charge in [-0.1, -0.05) is 11.8 Å². The number of nitrogens with zero attached hydrogens (tertiary/aromatic N) is 8. The van der Waals surface area contributed by atoms with E-state index in [0.717, 1.165) is 89.8 Å². The Hall–Kier alpha value is -6.19. The number of carbonyl (C=O) groups is 3. The summed E-state index contributed by atoms with van der Waals surface area (Å²) in [6.45, 7) is 5.84.